The van der Waals surface area contributed by atoms with Crippen molar-refractivity contribution in [2.75, 3.05) is 38.0 Å². The number of aromatic nitrogens is 3. The van der Waals surface area contributed by atoms with E-state index in [2.05, 4.69) is 25.6 Å². The van der Waals surface area contributed by atoms with Crippen LogP contribution in [0.2, 0.25) is 0 Å². The normalized spacial score (nSPS) is 15.6. The largest absolute Gasteiger partial charge is 0.494 e. The average Bonchev–Trinajstić information content (AvgIpc) is 3.32. The summed E-state index contributed by atoms with van der Waals surface area (Å²) in [7, 11) is -0.357. The first-order chi connectivity index (χ1) is 22.0. The van der Waals surface area contributed by atoms with Gasteiger partial charge in [-0.25, -0.2) is 4.98 Å². The van der Waals surface area contributed by atoms with Gasteiger partial charge >= 0.3 is 13.8 Å². The van der Waals surface area contributed by atoms with Crippen molar-refractivity contribution < 1.29 is 36.3 Å². The number of pyridine rings is 1. The van der Waals surface area contributed by atoms with E-state index in [9.17, 15) is 22.5 Å². The SMILES string of the molecule is CCOP(=O)(Cc1cc(OC)c(Nc2ncc(C(F)(F)F)c(Nc3ccc(C4CCCCC4)c4c3C(=O)N(C)C4)n2)cn1)OCC. The number of anilines is 4. The Morgan fingerprint density at radius 1 is 1.02 bits per heavy atom. The van der Waals surface area contributed by atoms with Gasteiger partial charge in [0.25, 0.3) is 5.91 Å². The highest BCUT2D eigenvalue weighted by Crippen LogP contribution is 2.51. The highest BCUT2D eigenvalue weighted by Gasteiger charge is 2.37. The van der Waals surface area contributed by atoms with Crippen molar-refractivity contribution in [2.45, 2.75) is 70.8 Å². The highest BCUT2D eigenvalue weighted by molar-refractivity contribution is 7.53. The van der Waals surface area contributed by atoms with Gasteiger partial charge in [-0.15, -0.1) is 0 Å². The number of alkyl halides is 3. The van der Waals surface area contributed by atoms with Crippen LogP contribution in [0.3, 0.4) is 0 Å². The van der Waals surface area contributed by atoms with E-state index in [1.54, 1.807) is 31.9 Å². The van der Waals surface area contributed by atoms with Gasteiger partial charge in [0.15, 0.2) is 0 Å². The van der Waals surface area contributed by atoms with Crippen LogP contribution in [0.4, 0.5) is 36.3 Å². The average molecular weight is 663 g/mol. The van der Waals surface area contributed by atoms with Gasteiger partial charge in [0, 0.05) is 25.9 Å². The van der Waals surface area contributed by atoms with Crippen molar-refractivity contribution in [2.24, 2.45) is 0 Å². The molecule has 11 nitrogen and oxygen atoms in total. The van der Waals surface area contributed by atoms with E-state index in [-0.39, 0.29) is 48.4 Å². The van der Waals surface area contributed by atoms with Crippen LogP contribution < -0.4 is 15.4 Å². The van der Waals surface area contributed by atoms with Gasteiger partial charge in [-0.1, -0.05) is 25.3 Å². The number of nitrogens with zero attached hydrogens (tertiary/aromatic N) is 4. The van der Waals surface area contributed by atoms with Gasteiger partial charge in [-0.05, 0) is 49.8 Å². The topological polar surface area (TPSA) is 128 Å². The first-order valence-corrected chi connectivity index (χ1v) is 17.0. The summed E-state index contributed by atoms with van der Waals surface area (Å²) in [6.45, 7) is 4.18. The Morgan fingerprint density at radius 3 is 2.39 bits per heavy atom. The maximum Gasteiger partial charge on any atom is 0.421 e. The van der Waals surface area contributed by atoms with Gasteiger partial charge in [0.1, 0.15) is 22.8 Å². The fourth-order valence-electron chi connectivity index (χ4n) is 6.02. The van der Waals surface area contributed by atoms with E-state index in [1.165, 1.54) is 25.8 Å². The number of benzene rings is 1. The molecule has 1 aliphatic carbocycles. The zero-order valence-corrected chi connectivity index (χ0v) is 27.1. The van der Waals surface area contributed by atoms with Crippen LogP contribution in [-0.4, -0.2) is 53.1 Å². The van der Waals surface area contributed by atoms with E-state index in [4.69, 9.17) is 13.8 Å². The Labute approximate surface area is 265 Å². The van der Waals surface area contributed by atoms with Crippen molar-refractivity contribution in [1.82, 2.24) is 19.9 Å². The molecule has 5 rings (SSSR count). The molecule has 0 saturated heterocycles. The maximum atomic E-state index is 14.1. The minimum Gasteiger partial charge on any atom is -0.494 e. The Morgan fingerprint density at radius 2 is 1.74 bits per heavy atom. The molecule has 0 atom stereocenters. The molecule has 3 heterocycles. The van der Waals surface area contributed by atoms with Crippen LogP contribution in [0.5, 0.6) is 5.75 Å². The second-order valence-electron chi connectivity index (χ2n) is 11.2. The second-order valence-corrected chi connectivity index (χ2v) is 13.3. The predicted octanol–water partition coefficient (Wildman–Crippen LogP) is 7.79. The molecule has 0 bridgehead atoms. The van der Waals surface area contributed by atoms with Crippen LogP contribution in [0, 0.1) is 0 Å². The molecule has 2 aromatic heterocycles. The molecule has 2 aliphatic rings. The van der Waals surface area contributed by atoms with Gasteiger partial charge in [-0.2, -0.15) is 18.2 Å². The minimum absolute atomic E-state index is 0.103. The Kier molecular flexibility index (Phi) is 10.2. The Balaban J connectivity index is 1.46. The van der Waals surface area contributed by atoms with Crippen LogP contribution in [0.15, 0.2) is 30.6 Å². The van der Waals surface area contributed by atoms with Crippen molar-refractivity contribution in [3.05, 3.63) is 58.5 Å². The first-order valence-electron chi connectivity index (χ1n) is 15.3. The summed E-state index contributed by atoms with van der Waals surface area (Å²) in [5.41, 5.74) is 2.07. The molecule has 1 amide bonds. The number of fused-ring (bicyclic) bond motifs is 1. The lowest BCUT2D eigenvalue weighted by molar-refractivity contribution is -0.137. The first kappa shape index (κ1) is 33.6. The van der Waals surface area contributed by atoms with Crippen molar-refractivity contribution in [1.29, 1.82) is 0 Å². The smallest absolute Gasteiger partial charge is 0.421 e. The fraction of sp³-hybridized carbons (Fsp3) is 0.484. The van der Waals surface area contributed by atoms with Crippen molar-refractivity contribution >= 4 is 36.6 Å². The standard InChI is InChI=1S/C31H38F3N6O5P/c1-5-44-46(42,45-6-2)18-20-14-26(43-4)25(16-35-20)38-30-36-15-23(31(32,33)34)28(39-30)37-24-13-12-21(19-10-8-7-9-11-19)22-17-40(3)29(41)27(22)24/h12-16,19H,5-11,17-18H2,1-4H3,(H2,36,37,38,39). The number of rotatable bonds is 12. The summed E-state index contributed by atoms with van der Waals surface area (Å²) < 4.78 is 71.6. The number of hydrogen-bond acceptors (Lipinski definition) is 10. The van der Waals surface area contributed by atoms with Crippen molar-refractivity contribution in [3.63, 3.8) is 0 Å². The molecule has 1 fully saturated rings. The number of nitrogens with one attached hydrogen (secondary N) is 2. The number of methoxy groups -OCH3 is 1. The van der Waals surface area contributed by atoms with E-state index < -0.39 is 25.2 Å². The maximum absolute atomic E-state index is 14.1. The second kappa shape index (κ2) is 13.9. The molecule has 0 radical (unpaired) electrons. The van der Waals surface area contributed by atoms with Gasteiger partial charge in [-0.3, -0.25) is 14.3 Å². The molecule has 0 unspecified atom stereocenters. The van der Waals surface area contributed by atoms with Gasteiger partial charge < -0.3 is 29.3 Å². The highest BCUT2D eigenvalue weighted by atomic mass is 31.2. The molecule has 3 aromatic rings. The van der Waals surface area contributed by atoms with E-state index in [0.29, 0.717) is 29.9 Å². The summed E-state index contributed by atoms with van der Waals surface area (Å²) >= 11 is 0. The van der Waals surface area contributed by atoms with Gasteiger partial charge in [0.05, 0.1) is 49.6 Å². The molecular weight excluding hydrogens is 624 g/mol. The lowest BCUT2D eigenvalue weighted by atomic mass is 9.81. The van der Waals surface area contributed by atoms with Gasteiger partial charge in [0.2, 0.25) is 5.95 Å². The molecule has 46 heavy (non-hydrogen) atoms. The Bertz CT molecular complexity index is 1620. The van der Waals surface area contributed by atoms with Crippen molar-refractivity contribution in [3.8, 4) is 5.75 Å². The van der Waals surface area contributed by atoms with Crippen LogP contribution in [-0.2, 0) is 32.5 Å². The summed E-state index contributed by atoms with van der Waals surface area (Å²) in [5, 5.41) is 5.67. The summed E-state index contributed by atoms with van der Waals surface area (Å²) in [6, 6.07) is 5.12. The van der Waals surface area contributed by atoms with Crippen LogP contribution in [0.25, 0.3) is 0 Å². The molecule has 1 aliphatic heterocycles. The Hall–Kier alpha value is -3.74. The predicted molar refractivity (Wildman–Crippen MR) is 167 cm³/mol. The molecule has 2 N–H and O–H groups in total. The molecule has 1 aromatic carbocycles. The summed E-state index contributed by atoms with van der Waals surface area (Å²) in [4.78, 5) is 27.2. The molecule has 0 spiro atoms. The number of amides is 1. The molecule has 1 saturated carbocycles. The summed E-state index contributed by atoms with van der Waals surface area (Å²) in [5.74, 6) is -0.372. The number of halogens is 3. The number of hydrogen-bond donors (Lipinski definition) is 2. The third-order valence-corrected chi connectivity index (χ3v) is 10.1. The molecule has 15 heteroatoms. The number of carbonyl (C=O) groups excluding carboxylic acids is 1. The van der Waals surface area contributed by atoms with E-state index in [0.717, 1.165) is 36.8 Å². The zero-order valence-electron chi connectivity index (χ0n) is 26.2. The molecular formula is C31H38F3N6O5P. The van der Waals surface area contributed by atoms with Crippen LogP contribution in [0.1, 0.15) is 84.6 Å². The van der Waals surface area contributed by atoms with E-state index >= 15 is 0 Å². The van der Waals surface area contributed by atoms with E-state index in [1.807, 2.05) is 6.07 Å². The lowest BCUT2D eigenvalue weighted by Gasteiger charge is -2.25. The fourth-order valence-corrected chi connectivity index (χ4v) is 7.63. The number of carbonyl (C=O) groups is 1. The number of ether oxygens (including phenoxy) is 1. The monoisotopic (exact) mass is 662 g/mol. The molecule has 248 valence electrons. The third kappa shape index (κ3) is 7.29. The summed E-state index contributed by atoms with van der Waals surface area (Å²) in [6.07, 6.45) is 2.61. The zero-order chi connectivity index (χ0) is 33.1. The minimum atomic E-state index is -4.77. The lowest BCUT2D eigenvalue weighted by Crippen LogP contribution is -2.18. The third-order valence-electron chi connectivity index (χ3n) is 8.09. The van der Waals surface area contributed by atoms with Crippen LogP contribution >= 0.6 is 7.60 Å². The quantitative estimate of drug-likeness (QED) is 0.186.